The number of hydrogen-bond donors (Lipinski definition) is 1. The van der Waals surface area contributed by atoms with Gasteiger partial charge < -0.3 is 14.7 Å². The molecule has 1 saturated heterocycles. The van der Waals surface area contributed by atoms with E-state index in [9.17, 15) is 9.90 Å². The van der Waals surface area contributed by atoms with E-state index in [4.69, 9.17) is 27.9 Å². The first-order valence-electron chi connectivity index (χ1n) is 10.1. The fourth-order valence-corrected chi connectivity index (χ4v) is 4.33. The molecule has 2 aromatic carbocycles. The predicted octanol–water partition coefficient (Wildman–Crippen LogP) is 5.19. The highest BCUT2D eigenvalue weighted by Crippen LogP contribution is 2.45. The summed E-state index contributed by atoms with van der Waals surface area (Å²) in [5, 5.41) is 10.6. The topological polar surface area (TPSA) is 49.8 Å². The number of amides is 1. The molecular weight excluding hydrogens is 409 g/mol. The van der Waals surface area contributed by atoms with E-state index in [1.165, 1.54) is 0 Å². The Balaban J connectivity index is 1.75. The minimum Gasteiger partial charge on any atom is -0.396 e. The van der Waals surface area contributed by atoms with Gasteiger partial charge in [-0.2, -0.15) is 0 Å². The summed E-state index contributed by atoms with van der Waals surface area (Å²) in [6.45, 7) is 0.764. The van der Waals surface area contributed by atoms with Crippen LogP contribution in [-0.4, -0.2) is 35.2 Å². The SMILES string of the molecule is O=C1[C@H](CCCO)O[C@@H](c2cccc(Cl)c2)[C@@H](c2ccc(Cl)cc2)N1CC1CC1. The third-order valence-corrected chi connectivity index (χ3v) is 6.14. The molecule has 1 heterocycles. The molecule has 0 bridgehead atoms. The van der Waals surface area contributed by atoms with Crippen LogP contribution in [0.3, 0.4) is 0 Å². The first-order chi connectivity index (χ1) is 14.1. The van der Waals surface area contributed by atoms with Crippen molar-refractivity contribution in [2.24, 2.45) is 5.92 Å². The highest BCUT2D eigenvalue weighted by molar-refractivity contribution is 6.30. The lowest BCUT2D eigenvalue weighted by Gasteiger charge is -2.45. The van der Waals surface area contributed by atoms with Crippen LogP contribution >= 0.6 is 23.2 Å². The van der Waals surface area contributed by atoms with Gasteiger partial charge >= 0.3 is 0 Å². The summed E-state index contributed by atoms with van der Waals surface area (Å²) in [6, 6.07) is 15.0. The molecule has 1 saturated carbocycles. The molecule has 3 atom stereocenters. The van der Waals surface area contributed by atoms with Crippen molar-refractivity contribution in [2.75, 3.05) is 13.2 Å². The van der Waals surface area contributed by atoms with E-state index >= 15 is 0 Å². The third kappa shape index (κ3) is 4.77. The van der Waals surface area contributed by atoms with Crippen LogP contribution in [0.25, 0.3) is 0 Å². The summed E-state index contributed by atoms with van der Waals surface area (Å²) >= 11 is 12.4. The van der Waals surface area contributed by atoms with E-state index in [2.05, 4.69) is 0 Å². The molecule has 0 radical (unpaired) electrons. The molecule has 0 spiro atoms. The van der Waals surface area contributed by atoms with Gasteiger partial charge in [-0.05, 0) is 67.0 Å². The molecule has 2 aromatic rings. The number of hydrogen-bond acceptors (Lipinski definition) is 3. The van der Waals surface area contributed by atoms with Crippen LogP contribution in [0, 0.1) is 5.92 Å². The zero-order valence-electron chi connectivity index (χ0n) is 16.1. The number of halogens is 2. The maximum Gasteiger partial charge on any atom is 0.252 e. The van der Waals surface area contributed by atoms with E-state index in [1.54, 1.807) is 0 Å². The highest BCUT2D eigenvalue weighted by atomic mass is 35.5. The van der Waals surface area contributed by atoms with Crippen LogP contribution in [0.15, 0.2) is 48.5 Å². The maximum atomic E-state index is 13.4. The Morgan fingerprint density at radius 2 is 1.79 bits per heavy atom. The summed E-state index contributed by atoms with van der Waals surface area (Å²) < 4.78 is 6.38. The molecule has 4 rings (SSSR count). The molecule has 2 aliphatic rings. The van der Waals surface area contributed by atoms with Gasteiger partial charge in [0.25, 0.3) is 5.91 Å². The van der Waals surface area contributed by atoms with Gasteiger partial charge in [0, 0.05) is 23.2 Å². The number of rotatable bonds is 7. The van der Waals surface area contributed by atoms with Crippen molar-refractivity contribution in [2.45, 2.75) is 43.9 Å². The van der Waals surface area contributed by atoms with Crippen LogP contribution in [0.4, 0.5) is 0 Å². The number of ether oxygens (including phenoxy) is 1. The largest absolute Gasteiger partial charge is 0.396 e. The summed E-state index contributed by atoms with van der Waals surface area (Å²) in [5.74, 6) is 0.550. The Labute approximate surface area is 181 Å². The Hall–Kier alpha value is -1.59. The number of morpholine rings is 1. The highest BCUT2D eigenvalue weighted by Gasteiger charge is 2.45. The quantitative estimate of drug-likeness (QED) is 0.653. The van der Waals surface area contributed by atoms with Gasteiger partial charge in [0.15, 0.2) is 0 Å². The van der Waals surface area contributed by atoms with Gasteiger partial charge in [0.2, 0.25) is 0 Å². The van der Waals surface area contributed by atoms with Crippen molar-refractivity contribution in [3.8, 4) is 0 Å². The monoisotopic (exact) mass is 433 g/mol. The van der Waals surface area contributed by atoms with Crippen molar-refractivity contribution in [3.63, 3.8) is 0 Å². The maximum absolute atomic E-state index is 13.4. The molecule has 1 amide bonds. The zero-order valence-corrected chi connectivity index (χ0v) is 17.6. The van der Waals surface area contributed by atoms with Gasteiger partial charge in [0.1, 0.15) is 12.2 Å². The van der Waals surface area contributed by atoms with Crippen LogP contribution in [0.5, 0.6) is 0 Å². The number of aliphatic hydroxyl groups excluding tert-OH is 1. The van der Waals surface area contributed by atoms with E-state index in [0.29, 0.717) is 28.8 Å². The fraction of sp³-hybridized carbons (Fsp3) is 0.435. The van der Waals surface area contributed by atoms with Gasteiger partial charge in [-0.25, -0.2) is 0 Å². The summed E-state index contributed by atoms with van der Waals surface area (Å²) in [6.07, 6.45) is 2.44. The molecule has 0 aromatic heterocycles. The van der Waals surface area contributed by atoms with Crippen molar-refractivity contribution < 1.29 is 14.6 Å². The molecule has 4 nitrogen and oxygen atoms in total. The summed E-state index contributed by atoms with van der Waals surface area (Å²) in [7, 11) is 0. The lowest BCUT2D eigenvalue weighted by molar-refractivity contribution is -0.176. The van der Waals surface area contributed by atoms with Crippen molar-refractivity contribution in [1.82, 2.24) is 4.90 Å². The standard InChI is InChI=1S/C23H25Cl2NO3/c24-18-10-8-16(9-11-18)21-22(17-3-1-4-19(25)13-17)29-20(5-2-12-27)23(28)26(21)14-15-6-7-15/h1,3-4,8-11,13,15,20-22,27H,2,5-7,12,14H2/t20-,21+,22-/m0/s1. The summed E-state index contributed by atoms with van der Waals surface area (Å²) in [4.78, 5) is 15.3. The molecule has 6 heteroatoms. The zero-order chi connectivity index (χ0) is 20.4. The van der Waals surface area contributed by atoms with Crippen LogP contribution in [0.1, 0.15) is 49.0 Å². The predicted molar refractivity (Wildman–Crippen MR) is 114 cm³/mol. The first kappa shape index (κ1) is 20.7. The minimum absolute atomic E-state index is 0.00331. The second-order valence-corrected chi connectivity index (χ2v) is 8.77. The average Bonchev–Trinajstić information content (AvgIpc) is 3.53. The first-order valence-corrected chi connectivity index (χ1v) is 10.9. The van der Waals surface area contributed by atoms with Crippen molar-refractivity contribution >= 4 is 29.1 Å². The number of nitrogens with zero attached hydrogens (tertiary/aromatic N) is 1. The smallest absolute Gasteiger partial charge is 0.252 e. The number of carbonyl (C=O) groups is 1. The van der Waals surface area contributed by atoms with E-state index in [-0.39, 0.29) is 24.7 Å². The fourth-order valence-electron chi connectivity index (χ4n) is 4.00. The van der Waals surface area contributed by atoms with Gasteiger partial charge in [0.05, 0.1) is 6.04 Å². The number of aliphatic hydroxyl groups is 1. The number of carbonyl (C=O) groups excluding carboxylic acids is 1. The van der Waals surface area contributed by atoms with E-state index in [0.717, 1.165) is 30.5 Å². The molecule has 1 aliphatic heterocycles. The van der Waals surface area contributed by atoms with Gasteiger partial charge in [-0.1, -0.05) is 47.5 Å². The summed E-state index contributed by atoms with van der Waals surface area (Å²) in [5.41, 5.74) is 1.94. The van der Waals surface area contributed by atoms with Crippen molar-refractivity contribution in [3.05, 3.63) is 69.7 Å². The van der Waals surface area contributed by atoms with E-state index in [1.807, 2.05) is 53.4 Å². The van der Waals surface area contributed by atoms with Gasteiger partial charge in [-0.15, -0.1) is 0 Å². The molecule has 2 fully saturated rings. The van der Waals surface area contributed by atoms with Crippen molar-refractivity contribution in [1.29, 1.82) is 0 Å². The Morgan fingerprint density at radius 3 is 2.45 bits per heavy atom. The molecule has 1 N–H and O–H groups in total. The Morgan fingerprint density at radius 1 is 1.03 bits per heavy atom. The van der Waals surface area contributed by atoms with Crippen LogP contribution < -0.4 is 0 Å². The second kappa shape index (κ2) is 9.05. The minimum atomic E-state index is -0.562. The number of benzene rings is 2. The van der Waals surface area contributed by atoms with Crippen LogP contribution in [-0.2, 0) is 9.53 Å². The Kier molecular flexibility index (Phi) is 6.45. The van der Waals surface area contributed by atoms with Crippen LogP contribution in [0.2, 0.25) is 10.0 Å². The molecule has 0 unspecified atom stereocenters. The Bertz CT molecular complexity index is 853. The average molecular weight is 434 g/mol. The normalized spacial score (nSPS) is 24.7. The molecule has 29 heavy (non-hydrogen) atoms. The lowest BCUT2D eigenvalue weighted by Crippen LogP contribution is -2.51. The molecular formula is C23H25Cl2NO3. The third-order valence-electron chi connectivity index (χ3n) is 5.66. The molecule has 154 valence electrons. The second-order valence-electron chi connectivity index (χ2n) is 7.90. The lowest BCUT2D eigenvalue weighted by atomic mass is 9.90. The van der Waals surface area contributed by atoms with Gasteiger partial charge in [-0.3, -0.25) is 4.79 Å². The molecule has 1 aliphatic carbocycles. The van der Waals surface area contributed by atoms with E-state index < -0.39 is 6.10 Å².